The molecule has 0 spiro atoms. The van der Waals surface area contributed by atoms with Crippen LogP contribution in [0.2, 0.25) is 0 Å². The SMILES string of the molecule is CN(C)CCNc1nc(Nc2ccc([N+](=O)[O-])cc2)cc(-c2ccncc2)n1. The number of nitrogens with zero attached hydrogens (tertiary/aromatic N) is 5. The molecule has 3 rings (SSSR count). The lowest BCUT2D eigenvalue weighted by molar-refractivity contribution is -0.384. The van der Waals surface area contributed by atoms with Gasteiger partial charge in [-0.1, -0.05) is 0 Å². The Kier molecular flexibility index (Phi) is 6.07. The number of benzene rings is 1. The van der Waals surface area contributed by atoms with Crippen molar-refractivity contribution in [1.82, 2.24) is 19.9 Å². The Morgan fingerprint density at radius 1 is 1.07 bits per heavy atom. The van der Waals surface area contributed by atoms with Gasteiger partial charge in [-0.25, -0.2) is 4.98 Å². The van der Waals surface area contributed by atoms with E-state index in [-0.39, 0.29) is 5.69 Å². The molecule has 3 aromatic rings. The molecule has 28 heavy (non-hydrogen) atoms. The molecule has 0 aliphatic carbocycles. The molecule has 0 saturated heterocycles. The first-order chi connectivity index (χ1) is 13.5. The number of nitro groups is 1. The summed E-state index contributed by atoms with van der Waals surface area (Å²) < 4.78 is 0. The van der Waals surface area contributed by atoms with Crippen molar-refractivity contribution < 1.29 is 4.92 Å². The highest BCUT2D eigenvalue weighted by Crippen LogP contribution is 2.24. The normalized spacial score (nSPS) is 10.7. The average molecular weight is 379 g/mol. The van der Waals surface area contributed by atoms with Gasteiger partial charge in [-0.15, -0.1) is 0 Å². The van der Waals surface area contributed by atoms with Gasteiger partial charge in [0.2, 0.25) is 5.95 Å². The van der Waals surface area contributed by atoms with E-state index >= 15 is 0 Å². The molecule has 0 atom stereocenters. The summed E-state index contributed by atoms with van der Waals surface area (Å²) in [6.07, 6.45) is 3.42. The highest BCUT2D eigenvalue weighted by Gasteiger charge is 2.09. The van der Waals surface area contributed by atoms with Gasteiger partial charge in [-0.2, -0.15) is 4.98 Å². The zero-order valence-corrected chi connectivity index (χ0v) is 15.7. The van der Waals surface area contributed by atoms with E-state index in [0.29, 0.717) is 24.0 Å². The third kappa shape index (κ3) is 5.21. The molecule has 0 aliphatic rings. The number of likely N-dealkylation sites (N-methyl/N-ethyl adjacent to an activating group) is 1. The summed E-state index contributed by atoms with van der Waals surface area (Å²) in [4.78, 5) is 25.6. The number of pyridine rings is 1. The fourth-order valence-corrected chi connectivity index (χ4v) is 2.47. The van der Waals surface area contributed by atoms with Gasteiger partial charge in [0.1, 0.15) is 5.82 Å². The summed E-state index contributed by atoms with van der Waals surface area (Å²) >= 11 is 0. The maximum atomic E-state index is 10.8. The van der Waals surface area contributed by atoms with E-state index in [4.69, 9.17) is 0 Å². The van der Waals surface area contributed by atoms with E-state index in [1.165, 1.54) is 12.1 Å². The van der Waals surface area contributed by atoms with Crippen molar-refractivity contribution in [3.63, 3.8) is 0 Å². The van der Waals surface area contributed by atoms with Crippen LogP contribution >= 0.6 is 0 Å². The van der Waals surface area contributed by atoms with Crippen LogP contribution < -0.4 is 10.6 Å². The van der Waals surface area contributed by atoms with Crippen LogP contribution in [0.1, 0.15) is 0 Å². The molecule has 2 aromatic heterocycles. The van der Waals surface area contributed by atoms with Gasteiger partial charge in [-0.3, -0.25) is 15.1 Å². The van der Waals surface area contributed by atoms with Crippen molar-refractivity contribution >= 4 is 23.1 Å². The number of nitrogens with one attached hydrogen (secondary N) is 2. The maximum Gasteiger partial charge on any atom is 0.269 e. The van der Waals surface area contributed by atoms with E-state index in [2.05, 4.69) is 30.5 Å². The van der Waals surface area contributed by atoms with E-state index < -0.39 is 4.92 Å². The summed E-state index contributed by atoms with van der Waals surface area (Å²) in [6.45, 7) is 1.54. The van der Waals surface area contributed by atoms with Crippen LogP contribution in [0.5, 0.6) is 0 Å². The van der Waals surface area contributed by atoms with Crippen LogP contribution in [-0.2, 0) is 0 Å². The molecule has 0 fully saturated rings. The predicted octanol–water partition coefficient (Wildman–Crippen LogP) is 3.16. The molecule has 1 aromatic carbocycles. The van der Waals surface area contributed by atoms with Crippen molar-refractivity contribution in [2.45, 2.75) is 0 Å². The van der Waals surface area contributed by atoms with Gasteiger partial charge < -0.3 is 15.5 Å². The van der Waals surface area contributed by atoms with Crippen LogP contribution in [0.4, 0.5) is 23.1 Å². The minimum atomic E-state index is -0.428. The molecule has 0 unspecified atom stereocenters. The van der Waals surface area contributed by atoms with Gasteiger partial charge in [-0.05, 0) is 38.4 Å². The molecule has 2 heterocycles. The summed E-state index contributed by atoms with van der Waals surface area (Å²) in [5, 5.41) is 17.2. The lowest BCUT2D eigenvalue weighted by Gasteiger charge is -2.13. The smallest absolute Gasteiger partial charge is 0.269 e. The monoisotopic (exact) mass is 379 g/mol. The van der Waals surface area contributed by atoms with E-state index in [9.17, 15) is 10.1 Å². The summed E-state index contributed by atoms with van der Waals surface area (Å²) in [7, 11) is 4.00. The van der Waals surface area contributed by atoms with Crippen LogP contribution in [0.15, 0.2) is 54.9 Å². The maximum absolute atomic E-state index is 10.8. The summed E-state index contributed by atoms with van der Waals surface area (Å²) in [5.41, 5.74) is 2.40. The quantitative estimate of drug-likeness (QED) is 0.454. The van der Waals surface area contributed by atoms with Gasteiger partial charge in [0, 0.05) is 54.9 Å². The fourth-order valence-electron chi connectivity index (χ4n) is 2.47. The Balaban J connectivity index is 1.86. The Morgan fingerprint density at radius 2 is 1.79 bits per heavy atom. The minimum absolute atomic E-state index is 0.0387. The molecule has 9 nitrogen and oxygen atoms in total. The second-order valence-electron chi connectivity index (χ2n) is 6.36. The van der Waals surface area contributed by atoms with Crippen molar-refractivity contribution in [1.29, 1.82) is 0 Å². The molecule has 2 N–H and O–H groups in total. The highest BCUT2D eigenvalue weighted by atomic mass is 16.6. The Labute approximate surface area is 162 Å². The third-order valence-electron chi connectivity index (χ3n) is 3.89. The number of hydrogen-bond acceptors (Lipinski definition) is 8. The molecule has 0 saturated carbocycles. The predicted molar refractivity (Wildman–Crippen MR) is 109 cm³/mol. The third-order valence-corrected chi connectivity index (χ3v) is 3.89. The second kappa shape index (κ2) is 8.87. The zero-order chi connectivity index (χ0) is 19.9. The second-order valence-corrected chi connectivity index (χ2v) is 6.36. The van der Waals surface area contributed by atoms with E-state index in [0.717, 1.165) is 17.8 Å². The lowest BCUT2D eigenvalue weighted by Crippen LogP contribution is -2.21. The summed E-state index contributed by atoms with van der Waals surface area (Å²) in [6, 6.07) is 11.8. The van der Waals surface area contributed by atoms with Crippen LogP contribution in [0.3, 0.4) is 0 Å². The minimum Gasteiger partial charge on any atom is -0.353 e. The van der Waals surface area contributed by atoms with Gasteiger partial charge in [0.15, 0.2) is 0 Å². The number of nitro benzene ring substituents is 1. The largest absolute Gasteiger partial charge is 0.353 e. The molecule has 9 heteroatoms. The van der Waals surface area contributed by atoms with Crippen LogP contribution in [-0.4, -0.2) is 52.0 Å². The molecular formula is C19H21N7O2. The molecule has 0 radical (unpaired) electrons. The molecule has 0 aliphatic heterocycles. The molecule has 0 bridgehead atoms. The first kappa shape index (κ1) is 19.2. The number of aromatic nitrogens is 3. The van der Waals surface area contributed by atoms with Crippen molar-refractivity contribution in [2.75, 3.05) is 37.8 Å². The Bertz CT molecular complexity index is 931. The number of non-ortho nitro benzene ring substituents is 1. The standard InChI is InChI=1S/C19H21N7O2/c1-25(2)12-11-21-19-23-17(14-7-9-20-10-8-14)13-18(24-19)22-15-3-5-16(6-4-15)26(27)28/h3-10,13H,11-12H2,1-2H3,(H2,21,22,23,24). The zero-order valence-electron chi connectivity index (χ0n) is 15.7. The van der Waals surface area contributed by atoms with Crippen molar-refractivity contribution in [3.8, 4) is 11.3 Å². The first-order valence-electron chi connectivity index (χ1n) is 8.71. The number of hydrogen-bond donors (Lipinski definition) is 2. The van der Waals surface area contributed by atoms with Crippen molar-refractivity contribution in [2.24, 2.45) is 0 Å². The molecule has 0 amide bonds. The Hall–Kier alpha value is -3.59. The van der Waals surface area contributed by atoms with Gasteiger partial charge in [0.05, 0.1) is 10.6 Å². The first-order valence-corrected chi connectivity index (χ1v) is 8.71. The fraction of sp³-hybridized carbons (Fsp3) is 0.211. The van der Waals surface area contributed by atoms with Crippen LogP contribution in [0, 0.1) is 10.1 Å². The van der Waals surface area contributed by atoms with E-state index in [1.807, 2.05) is 32.3 Å². The lowest BCUT2D eigenvalue weighted by atomic mass is 10.2. The van der Waals surface area contributed by atoms with E-state index in [1.54, 1.807) is 24.5 Å². The number of rotatable bonds is 8. The van der Waals surface area contributed by atoms with Crippen LogP contribution in [0.25, 0.3) is 11.3 Å². The topological polar surface area (TPSA) is 109 Å². The summed E-state index contributed by atoms with van der Waals surface area (Å²) in [5.74, 6) is 1.09. The van der Waals surface area contributed by atoms with Gasteiger partial charge >= 0.3 is 0 Å². The van der Waals surface area contributed by atoms with Crippen molar-refractivity contribution in [3.05, 3.63) is 65.0 Å². The molecule has 144 valence electrons. The number of anilines is 3. The molecular weight excluding hydrogens is 358 g/mol. The highest BCUT2D eigenvalue weighted by molar-refractivity contribution is 5.67. The average Bonchev–Trinajstić information content (AvgIpc) is 2.68. The van der Waals surface area contributed by atoms with Gasteiger partial charge in [0.25, 0.3) is 5.69 Å². The Morgan fingerprint density at radius 3 is 2.43 bits per heavy atom.